The number of benzene rings is 3. The molecule has 0 bridgehead atoms. The van der Waals surface area contributed by atoms with Crippen LogP contribution in [0, 0.1) is 6.92 Å². The van der Waals surface area contributed by atoms with Gasteiger partial charge in [-0.25, -0.2) is 0 Å². The van der Waals surface area contributed by atoms with Gasteiger partial charge in [0.15, 0.2) is 11.4 Å². The molecule has 0 aliphatic carbocycles. The van der Waals surface area contributed by atoms with Crippen molar-refractivity contribution in [3.8, 4) is 22.6 Å². The first-order chi connectivity index (χ1) is 12.8. The van der Waals surface area contributed by atoms with Crippen LogP contribution in [0.15, 0.2) is 99.7 Å². The smallest absolute Gasteiger partial charge is 0.195 e. The minimum Gasteiger partial charge on any atom is -0.353 e. The van der Waals surface area contributed by atoms with Gasteiger partial charge >= 0.3 is 0 Å². The topological polar surface area (TPSA) is 50.8 Å². The van der Waals surface area contributed by atoms with E-state index in [0.29, 0.717) is 17.1 Å². The summed E-state index contributed by atoms with van der Waals surface area (Å²) in [6.45, 7) is 2.01. The van der Waals surface area contributed by atoms with Crippen LogP contribution in [0.2, 0.25) is 0 Å². The van der Waals surface area contributed by atoms with Gasteiger partial charge < -0.3 is 4.52 Å². The van der Waals surface area contributed by atoms with Crippen LogP contribution in [-0.2, 0) is 0 Å². The number of hydrogen-bond donors (Lipinski definition) is 0. The quantitative estimate of drug-likeness (QED) is 0.387. The van der Waals surface area contributed by atoms with Crippen molar-refractivity contribution in [2.75, 3.05) is 0 Å². The summed E-state index contributed by atoms with van der Waals surface area (Å²) in [7, 11) is 0. The first kappa shape index (κ1) is 16.0. The number of azo groups is 1. The lowest BCUT2D eigenvalue weighted by atomic mass is 10.1. The average molecular weight is 339 g/mol. The van der Waals surface area contributed by atoms with E-state index in [9.17, 15) is 0 Å². The standard InChI is InChI=1S/C22H17N3O/c1-16-10-8-9-15-19(16)23-24-21-20(17-11-4-2-5-12-17)25-26-22(21)18-13-6-3-7-14-18/h2-15H,1H3. The van der Waals surface area contributed by atoms with E-state index >= 15 is 0 Å². The van der Waals surface area contributed by atoms with E-state index in [-0.39, 0.29) is 0 Å². The minimum atomic E-state index is 0.613. The van der Waals surface area contributed by atoms with E-state index in [2.05, 4.69) is 15.4 Å². The van der Waals surface area contributed by atoms with Crippen LogP contribution < -0.4 is 0 Å². The Morgan fingerprint density at radius 1 is 0.692 bits per heavy atom. The van der Waals surface area contributed by atoms with Crippen LogP contribution in [-0.4, -0.2) is 5.16 Å². The highest BCUT2D eigenvalue weighted by atomic mass is 16.5. The molecule has 1 heterocycles. The first-order valence-electron chi connectivity index (χ1n) is 8.41. The average Bonchev–Trinajstić information content (AvgIpc) is 3.12. The summed E-state index contributed by atoms with van der Waals surface area (Å²) < 4.78 is 5.65. The molecule has 0 spiro atoms. The highest BCUT2D eigenvalue weighted by Crippen LogP contribution is 2.39. The fourth-order valence-corrected chi connectivity index (χ4v) is 2.72. The maximum Gasteiger partial charge on any atom is 0.195 e. The van der Waals surface area contributed by atoms with Gasteiger partial charge in [-0.2, -0.15) is 5.11 Å². The fraction of sp³-hybridized carbons (Fsp3) is 0.0455. The molecule has 3 aromatic carbocycles. The molecule has 4 heteroatoms. The summed E-state index contributed by atoms with van der Waals surface area (Å²) in [6.07, 6.45) is 0. The van der Waals surface area contributed by atoms with Crippen LogP contribution in [0.25, 0.3) is 22.6 Å². The molecule has 4 aromatic rings. The fourth-order valence-electron chi connectivity index (χ4n) is 2.72. The van der Waals surface area contributed by atoms with Crippen molar-refractivity contribution in [3.05, 3.63) is 90.5 Å². The van der Waals surface area contributed by atoms with Gasteiger partial charge in [0.25, 0.3) is 0 Å². The van der Waals surface area contributed by atoms with E-state index in [4.69, 9.17) is 4.52 Å². The van der Waals surface area contributed by atoms with Crippen LogP contribution in [0.5, 0.6) is 0 Å². The minimum absolute atomic E-state index is 0.613. The Labute approximate surface area is 151 Å². The summed E-state index contributed by atoms with van der Waals surface area (Å²) >= 11 is 0. The second kappa shape index (κ2) is 7.15. The van der Waals surface area contributed by atoms with Crippen molar-refractivity contribution in [1.82, 2.24) is 5.16 Å². The number of aryl methyl sites for hydroxylation is 1. The lowest BCUT2D eigenvalue weighted by Crippen LogP contribution is -1.78. The molecule has 0 N–H and O–H groups in total. The van der Waals surface area contributed by atoms with Gasteiger partial charge in [-0.15, -0.1) is 5.11 Å². The van der Waals surface area contributed by atoms with E-state index < -0.39 is 0 Å². The van der Waals surface area contributed by atoms with Gasteiger partial charge in [0, 0.05) is 11.1 Å². The molecule has 0 atom stereocenters. The SMILES string of the molecule is Cc1ccccc1N=Nc1c(-c2ccccc2)noc1-c1ccccc1. The molecule has 4 nitrogen and oxygen atoms in total. The maximum absolute atomic E-state index is 5.65. The van der Waals surface area contributed by atoms with Crippen LogP contribution in [0.3, 0.4) is 0 Å². The lowest BCUT2D eigenvalue weighted by Gasteiger charge is -2.00. The van der Waals surface area contributed by atoms with Gasteiger partial charge in [0.1, 0.15) is 5.69 Å². The third kappa shape index (κ3) is 3.17. The molecule has 0 aliphatic heterocycles. The van der Waals surface area contributed by atoms with E-state index in [1.54, 1.807) is 0 Å². The molecule has 0 unspecified atom stereocenters. The van der Waals surface area contributed by atoms with Crippen LogP contribution >= 0.6 is 0 Å². The van der Waals surface area contributed by atoms with E-state index in [1.807, 2.05) is 91.9 Å². The summed E-state index contributed by atoms with van der Waals surface area (Å²) in [6, 6.07) is 27.6. The molecule has 0 amide bonds. The monoisotopic (exact) mass is 339 g/mol. The van der Waals surface area contributed by atoms with Crippen LogP contribution in [0.1, 0.15) is 5.56 Å². The van der Waals surface area contributed by atoms with Gasteiger partial charge in [0.05, 0.1) is 5.69 Å². The van der Waals surface area contributed by atoms with Crippen molar-refractivity contribution in [1.29, 1.82) is 0 Å². The predicted molar refractivity (Wildman–Crippen MR) is 103 cm³/mol. The lowest BCUT2D eigenvalue weighted by molar-refractivity contribution is 0.435. The third-order valence-electron chi connectivity index (χ3n) is 4.12. The van der Waals surface area contributed by atoms with Crippen molar-refractivity contribution in [2.45, 2.75) is 6.92 Å². The Balaban J connectivity index is 1.85. The van der Waals surface area contributed by atoms with Crippen LogP contribution in [0.4, 0.5) is 11.4 Å². The molecule has 1 aromatic heterocycles. The normalized spacial score (nSPS) is 11.1. The second-order valence-electron chi connectivity index (χ2n) is 5.93. The maximum atomic E-state index is 5.65. The zero-order valence-electron chi connectivity index (χ0n) is 14.3. The Kier molecular flexibility index (Phi) is 4.39. The molecule has 0 fully saturated rings. The highest BCUT2D eigenvalue weighted by Gasteiger charge is 2.19. The van der Waals surface area contributed by atoms with Gasteiger partial charge in [-0.05, 0) is 18.6 Å². The Bertz CT molecular complexity index is 980. The molecule has 4 rings (SSSR count). The molecule has 0 radical (unpaired) electrons. The molecular weight excluding hydrogens is 322 g/mol. The van der Waals surface area contributed by atoms with Crippen molar-refractivity contribution >= 4 is 11.4 Å². The third-order valence-corrected chi connectivity index (χ3v) is 4.12. The number of hydrogen-bond acceptors (Lipinski definition) is 4. The Morgan fingerprint density at radius 2 is 1.31 bits per heavy atom. The molecule has 26 heavy (non-hydrogen) atoms. The van der Waals surface area contributed by atoms with E-state index in [1.165, 1.54) is 0 Å². The van der Waals surface area contributed by atoms with Crippen molar-refractivity contribution in [2.24, 2.45) is 10.2 Å². The first-order valence-corrected chi connectivity index (χ1v) is 8.41. The molecule has 126 valence electrons. The summed E-state index contributed by atoms with van der Waals surface area (Å²) in [5.41, 5.74) is 5.06. The summed E-state index contributed by atoms with van der Waals surface area (Å²) in [4.78, 5) is 0. The summed E-state index contributed by atoms with van der Waals surface area (Å²) in [5, 5.41) is 13.2. The van der Waals surface area contributed by atoms with Gasteiger partial charge in [-0.1, -0.05) is 84.0 Å². The zero-order chi connectivity index (χ0) is 17.8. The van der Waals surface area contributed by atoms with Gasteiger partial charge in [-0.3, -0.25) is 0 Å². The Hall–Kier alpha value is -3.53. The number of rotatable bonds is 4. The van der Waals surface area contributed by atoms with Crippen molar-refractivity contribution < 1.29 is 4.52 Å². The summed E-state index contributed by atoms with van der Waals surface area (Å²) in [5.74, 6) is 0.613. The Morgan fingerprint density at radius 3 is 2.00 bits per heavy atom. The molecule has 0 saturated heterocycles. The molecule has 0 aliphatic rings. The van der Waals surface area contributed by atoms with Crippen molar-refractivity contribution in [3.63, 3.8) is 0 Å². The molecular formula is C22H17N3O. The number of nitrogens with zero attached hydrogens (tertiary/aromatic N) is 3. The largest absolute Gasteiger partial charge is 0.353 e. The van der Waals surface area contributed by atoms with Gasteiger partial charge in [0.2, 0.25) is 0 Å². The van der Waals surface area contributed by atoms with E-state index in [0.717, 1.165) is 22.4 Å². The predicted octanol–water partition coefficient (Wildman–Crippen LogP) is 6.73. The second-order valence-corrected chi connectivity index (χ2v) is 5.93. The number of aromatic nitrogens is 1. The zero-order valence-corrected chi connectivity index (χ0v) is 14.3. The molecule has 0 saturated carbocycles. The highest BCUT2D eigenvalue weighted by molar-refractivity contribution is 5.82.